The molecule has 2 nitrogen and oxygen atoms in total. The summed E-state index contributed by atoms with van der Waals surface area (Å²) in [5.41, 5.74) is 4.24. The largest absolute Gasteiger partial charge is 0.419 e. The normalized spacial score (nSPS) is 16.1. The maximum Gasteiger partial charge on any atom is 0.419 e. The molecule has 0 spiro atoms. The van der Waals surface area contributed by atoms with Crippen molar-refractivity contribution >= 4 is 0 Å². The van der Waals surface area contributed by atoms with Gasteiger partial charge < -0.3 is 10.8 Å². The van der Waals surface area contributed by atoms with Gasteiger partial charge in [0, 0.05) is 6.04 Å². The highest BCUT2D eigenvalue weighted by molar-refractivity contribution is 5.28. The molecule has 2 atom stereocenters. The van der Waals surface area contributed by atoms with Crippen molar-refractivity contribution < 1.29 is 22.7 Å². The lowest BCUT2D eigenvalue weighted by Gasteiger charge is -2.29. The van der Waals surface area contributed by atoms with E-state index in [1.807, 2.05) is 20.8 Å². The molecular weight excluding hydrogens is 274 g/mol. The van der Waals surface area contributed by atoms with Crippen molar-refractivity contribution in [2.24, 2.45) is 11.1 Å². The molecule has 3 N–H and O–H groups in total. The summed E-state index contributed by atoms with van der Waals surface area (Å²) in [4.78, 5) is 0. The summed E-state index contributed by atoms with van der Waals surface area (Å²) in [5.74, 6) is -1.35. The molecule has 0 aromatic heterocycles. The van der Waals surface area contributed by atoms with Crippen LogP contribution in [0.5, 0.6) is 0 Å². The summed E-state index contributed by atoms with van der Waals surface area (Å²) in [6.07, 6.45) is -5.84. The first-order valence-corrected chi connectivity index (χ1v) is 6.23. The van der Waals surface area contributed by atoms with Gasteiger partial charge in [-0.3, -0.25) is 0 Å². The van der Waals surface area contributed by atoms with E-state index < -0.39 is 29.7 Å². The zero-order valence-electron chi connectivity index (χ0n) is 11.6. The van der Waals surface area contributed by atoms with Crippen LogP contribution < -0.4 is 5.73 Å². The van der Waals surface area contributed by atoms with Crippen molar-refractivity contribution in [1.82, 2.24) is 0 Å². The average molecular weight is 293 g/mol. The van der Waals surface area contributed by atoms with Gasteiger partial charge in [-0.1, -0.05) is 26.8 Å². The fourth-order valence-electron chi connectivity index (χ4n) is 1.70. The SMILES string of the molecule is CC(C)(C)[C@H](N)C[C@H](O)c1ccc(F)c(C(F)(F)F)c1. The van der Waals surface area contributed by atoms with E-state index in [0.717, 1.165) is 6.07 Å². The summed E-state index contributed by atoms with van der Waals surface area (Å²) in [7, 11) is 0. The zero-order chi connectivity index (χ0) is 15.7. The third-order valence-electron chi connectivity index (χ3n) is 3.27. The number of benzene rings is 1. The third kappa shape index (κ3) is 4.18. The number of aliphatic hydroxyl groups is 1. The average Bonchev–Trinajstić information content (AvgIpc) is 2.26. The lowest BCUT2D eigenvalue weighted by atomic mass is 9.83. The van der Waals surface area contributed by atoms with Gasteiger partial charge in [0.25, 0.3) is 0 Å². The molecule has 6 heteroatoms. The quantitative estimate of drug-likeness (QED) is 0.836. The molecule has 0 aliphatic rings. The Balaban J connectivity index is 2.98. The molecule has 114 valence electrons. The van der Waals surface area contributed by atoms with Crippen molar-refractivity contribution in [3.8, 4) is 0 Å². The van der Waals surface area contributed by atoms with Gasteiger partial charge in [-0.15, -0.1) is 0 Å². The van der Waals surface area contributed by atoms with Gasteiger partial charge in [-0.05, 0) is 29.5 Å². The lowest BCUT2D eigenvalue weighted by molar-refractivity contribution is -0.140. The van der Waals surface area contributed by atoms with Gasteiger partial charge in [0.15, 0.2) is 0 Å². The molecule has 0 unspecified atom stereocenters. The van der Waals surface area contributed by atoms with Gasteiger partial charge in [0.2, 0.25) is 0 Å². The van der Waals surface area contributed by atoms with Crippen LogP contribution in [0.2, 0.25) is 0 Å². The zero-order valence-corrected chi connectivity index (χ0v) is 11.6. The van der Waals surface area contributed by atoms with Crippen molar-refractivity contribution in [2.45, 2.75) is 45.5 Å². The second-order valence-corrected chi connectivity index (χ2v) is 5.96. The Kier molecular flexibility index (Phi) is 4.82. The smallest absolute Gasteiger partial charge is 0.388 e. The summed E-state index contributed by atoms with van der Waals surface area (Å²) in [6, 6.07) is 2.10. The lowest BCUT2D eigenvalue weighted by Crippen LogP contribution is -2.36. The molecule has 0 amide bonds. The Morgan fingerprint density at radius 3 is 2.20 bits per heavy atom. The Labute approximate surface area is 115 Å². The van der Waals surface area contributed by atoms with E-state index in [-0.39, 0.29) is 17.4 Å². The Morgan fingerprint density at radius 1 is 1.20 bits per heavy atom. The van der Waals surface area contributed by atoms with Crippen molar-refractivity contribution in [1.29, 1.82) is 0 Å². The minimum absolute atomic E-state index is 0.0124. The highest BCUT2D eigenvalue weighted by atomic mass is 19.4. The van der Waals surface area contributed by atoms with Gasteiger partial charge in [0.1, 0.15) is 5.82 Å². The highest BCUT2D eigenvalue weighted by Crippen LogP contribution is 2.34. The number of aliphatic hydroxyl groups excluding tert-OH is 1. The first-order valence-electron chi connectivity index (χ1n) is 6.23. The molecule has 0 bridgehead atoms. The maximum atomic E-state index is 13.2. The molecule has 1 aromatic rings. The first kappa shape index (κ1) is 16.9. The van der Waals surface area contributed by atoms with Crippen LogP contribution in [0.1, 0.15) is 44.4 Å². The van der Waals surface area contributed by atoms with Gasteiger partial charge in [-0.2, -0.15) is 13.2 Å². The molecule has 0 heterocycles. The molecule has 1 aromatic carbocycles. The molecule has 0 aliphatic heterocycles. The predicted molar refractivity (Wildman–Crippen MR) is 68.4 cm³/mol. The number of alkyl halides is 3. The fraction of sp³-hybridized carbons (Fsp3) is 0.571. The molecule has 0 saturated heterocycles. The van der Waals surface area contributed by atoms with E-state index in [0.29, 0.717) is 12.1 Å². The van der Waals surface area contributed by atoms with Crippen LogP contribution >= 0.6 is 0 Å². The second kappa shape index (κ2) is 5.69. The number of rotatable bonds is 3. The summed E-state index contributed by atoms with van der Waals surface area (Å²) >= 11 is 0. The van der Waals surface area contributed by atoms with Gasteiger partial charge in [0.05, 0.1) is 11.7 Å². The first-order chi connectivity index (χ1) is 8.93. The third-order valence-corrected chi connectivity index (χ3v) is 3.27. The maximum absolute atomic E-state index is 13.2. The van der Waals surface area contributed by atoms with E-state index in [9.17, 15) is 22.7 Å². The van der Waals surface area contributed by atoms with Crippen LogP contribution in [-0.4, -0.2) is 11.1 Å². The molecule has 1 rings (SSSR count). The topological polar surface area (TPSA) is 46.2 Å². The second-order valence-electron chi connectivity index (χ2n) is 5.96. The molecule has 0 radical (unpaired) electrons. The van der Waals surface area contributed by atoms with E-state index in [2.05, 4.69) is 0 Å². The van der Waals surface area contributed by atoms with E-state index >= 15 is 0 Å². The van der Waals surface area contributed by atoms with Crippen LogP contribution in [0.3, 0.4) is 0 Å². The Hall–Kier alpha value is -1.14. The van der Waals surface area contributed by atoms with Crippen LogP contribution in [0.4, 0.5) is 17.6 Å². The molecule has 0 aliphatic carbocycles. The summed E-state index contributed by atoms with van der Waals surface area (Å²) in [5, 5.41) is 9.97. The molecular formula is C14H19F4NO. The van der Waals surface area contributed by atoms with Crippen molar-refractivity contribution in [2.75, 3.05) is 0 Å². The molecule has 0 saturated carbocycles. The predicted octanol–water partition coefficient (Wildman–Crippen LogP) is 3.64. The van der Waals surface area contributed by atoms with Crippen LogP contribution in [0, 0.1) is 11.2 Å². The van der Waals surface area contributed by atoms with Crippen LogP contribution in [0.15, 0.2) is 18.2 Å². The van der Waals surface area contributed by atoms with Gasteiger partial charge >= 0.3 is 6.18 Å². The van der Waals surface area contributed by atoms with Crippen LogP contribution in [0.25, 0.3) is 0 Å². The number of nitrogens with two attached hydrogens (primary N) is 1. The minimum atomic E-state index is -4.79. The Bertz CT molecular complexity index is 465. The number of halogens is 4. The van der Waals surface area contributed by atoms with Crippen LogP contribution in [-0.2, 0) is 6.18 Å². The number of hydrogen-bond donors (Lipinski definition) is 2. The van der Waals surface area contributed by atoms with Gasteiger partial charge in [-0.25, -0.2) is 4.39 Å². The fourth-order valence-corrected chi connectivity index (χ4v) is 1.70. The monoisotopic (exact) mass is 293 g/mol. The molecule has 20 heavy (non-hydrogen) atoms. The standard InChI is InChI=1S/C14H19F4NO/c1-13(2,3)12(19)7-11(20)8-4-5-10(15)9(6-8)14(16,17)18/h4-6,11-12,20H,7,19H2,1-3H3/t11-,12+/m0/s1. The highest BCUT2D eigenvalue weighted by Gasteiger charge is 2.35. The van der Waals surface area contributed by atoms with E-state index in [1.165, 1.54) is 0 Å². The Morgan fingerprint density at radius 2 is 1.75 bits per heavy atom. The summed E-state index contributed by atoms with van der Waals surface area (Å²) < 4.78 is 50.9. The number of hydrogen-bond acceptors (Lipinski definition) is 2. The van der Waals surface area contributed by atoms with E-state index in [1.54, 1.807) is 0 Å². The molecule has 0 fully saturated rings. The van der Waals surface area contributed by atoms with Crippen molar-refractivity contribution in [3.05, 3.63) is 35.1 Å². The summed E-state index contributed by atoms with van der Waals surface area (Å²) in [6.45, 7) is 5.61. The van der Waals surface area contributed by atoms with Crippen molar-refractivity contribution in [3.63, 3.8) is 0 Å². The minimum Gasteiger partial charge on any atom is -0.388 e. The van der Waals surface area contributed by atoms with E-state index in [4.69, 9.17) is 5.73 Å².